The van der Waals surface area contributed by atoms with Gasteiger partial charge in [-0.3, -0.25) is 9.59 Å². The van der Waals surface area contributed by atoms with E-state index in [2.05, 4.69) is 4.90 Å². The van der Waals surface area contributed by atoms with Crippen LogP contribution >= 0.6 is 0 Å². The summed E-state index contributed by atoms with van der Waals surface area (Å²) in [6.45, 7) is 2.48. The van der Waals surface area contributed by atoms with Crippen molar-refractivity contribution in [1.29, 1.82) is 0 Å². The van der Waals surface area contributed by atoms with E-state index in [1.165, 1.54) is 12.1 Å². The third-order valence-electron chi connectivity index (χ3n) is 6.09. The summed E-state index contributed by atoms with van der Waals surface area (Å²) in [6, 6.07) is 10.3. The number of hydrogen-bond donors (Lipinski definition) is 0. The van der Waals surface area contributed by atoms with Gasteiger partial charge in [-0.15, -0.1) is 0 Å². The normalized spacial score (nSPS) is 21.0. The predicted molar refractivity (Wildman–Crippen MR) is 107 cm³/mol. The number of hydrogen-bond acceptors (Lipinski definition) is 3. The Hall–Kier alpha value is -2.89. The molecule has 0 N–H and O–H groups in total. The largest absolute Gasteiger partial charge is 0.355 e. The molecule has 1 fully saturated rings. The lowest BCUT2D eigenvalue weighted by molar-refractivity contribution is -0.119. The molecule has 5 rings (SSSR count). The van der Waals surface area contributed by atoms with E-state index in [0.29, 0.717) is 24.6 Å². The zero-order chi connectivity index (χ0) is 19.6. The summed E-state index contributed by atoms with van der Waals surface area (Å²) in [5, 5.41) is 0. The van der Waals surface area contributed by atoms with Crippen LogP contribution in [0.15, 0.2) is 36.4 Å². The molecule has 0 spiro atoms. The quantitative estimate of drug-likeness (QED) is 0.804. The van der Waals surface area contributed by atoms with Gasteiger partial charge in [-0.25, -0.2) is 4.39 Å². The summed E-state index contributed by atoms with van der Waals surface area (Å²) in [5.41, 5.74) is 4.03. The highest BCUT2D eigenvalue weighted by Crippen LogP contribution is 2.43. The van der Waals surface area contributed by atoms with Crippen molar-refractivity contribution in [3.05, 3.63) is 53.3 Å². The van der Waals surface area contributed by atoms with E-state index in [1.54, 1.807) is 29.0 Å². The van der Waals surface area contributed by atoms with E-state index in [4.69, 9.17) is 0 Å². The highest BCUT2D eigenvalue weighted by Gasteiger charge is 2.41. The molecule has 5 nitrogen and oxygen atoms in total. The minimum absolute atomic E-state index is 0.0778. The van der Waals surface area contributed by atoms with Crippen molar-refractivity contribution in [1.82, 2.24) is 0 Å². The van der Waals surface area contributed by atoms with Crippen LogP contribution in [0.2, 0.25) is 0 Å². The van der Waals surface area contributed by atoms with Gasteiger partial charge in [0, 0.05) is 30.9 Å². The fourth-order valence-electron chi connectivity index (χ4n) is 4.48. The maximum absolute atomic E-state index is 13.5. The molecule has 0 aromatic heterocycles. The topological polar surface area (TPSA) is 43.9 Å². The lowest BCUT2D eigenvalue weighted by atomic mass is 10.0. The number of nitrogens with zero attached hydrogens (tertiary/aromatic N) is 3. The van der Waals surface area contributed by atoms with Gasteiger partial charge in [0.05, 0.1) is 11.4 Å². The average molecular weight is 379 g/mol. The van der Waals surface area contributed by atoms with Crippen LogP contribution in [0.5, 0.6) is 0 Å². The van der Waals surface area contributed by atoms with Gasteiger partial charge in [0.2, 0.25) is 5.91 Å². The van der Waals surface area contributed by atoms with Crippen molar-refractivity contribution in [3.63, 3.8) is 0 Å². The molecule has 2 amide bonds. The number of benzene rings is 2. The third-order valence-corrected chi connectivity index (χ3v) is 6.09. The second kappa shape index (κ2) is 6.06. The summed E-state index contributed by atoms with van der Waals surface area (Å²) in [7, 11) is 1.79. The Bertz CT molecular complexity index is 1000. The first kappa shape index (κ1) is 17.2. The fourth-order valence-corrected chi connectivity index (χ4v) is 4.48. The standard InChI is InChI=1S/C22H22FN3O2/c1-13-21(27)24(2)19-7-3-15(12-20(19)26(13)17-5-6-17)22(28)25-10-9-14-11-16(23)4-8-18(14)25/h3-4,7-8,11-13,17H,5-6,9-10H2,1-2H3. The van der Waals surface area contributed by atoms with Gasteiger partial charge in [-0.1, -0.05) is 0 Å². The molecule has 1 unspecified atom stereocenters. The number of likely N-dealkylation sites (N-methyl/N-ethyl adjacent to an activating group) is 1. The second-order valence-electron chi connectivity index (χ2n) is 7.89. The van der Waals surface area contributed by atoms with E-state index >= 15 is 0 Å². The summed E-state index contributed by atoms with van der Waals surface area (Å²) in [4.78, 5) is 31.4. The summed E-state index contributed by atoms with van der Waals surface area (Å²) >= 11 is 0. The first-order chi connectivity index (χ1) is 13.5. The Labute approximate surface area is 163 Å². The molecular weight excluding hydrogens is 357 g/mol. The van der Waals surface area contributed by atoms with Crippen molar-refractivity contribution < 1.29 is 14.0 Å². The van der Waals surface area contributed by atoms with E-state index in [-0.39, 0.29) is 23.7 Å². The number of carbonyl (C=O) groups is 2. The van der Waals surface area contributed by atoms with Crippen LogP contribution < -0.4 is 14.7 Å². The summed E-state index contributed by atoms with van der Waals surface area (Å²) < 4.78 is 13.5. The third kappa shape index (κ3) is 2.51. The Kier molecular flexibility index (Phi) is 3.73. The molecule has 2 aromatic rings. The van der Waals surface area contributed by atoms with E-state index in [1.807, 2.05) is 19.1 Å². The van der Waals surface area contributed by atoms with Gasteiger partial charge in [0.15, 0.2) is 0 Å². The first-order valence-corrected chi connectivity index (χ1v) is 9.76. The molecule has 1 saturated carbocycles. The van der Waals surface area contributed by atoms with Gasteiger partial charge >= 0.3 is 0 Å². The molecule has 1 atom stereocenters. The van der Waals surface area contributed by atoms with Gasteiger partial charge in [-0.2, -0.15) is 0 Å². The Balaban J connectivity index is 1.53. The molecule has 0 radical (unpaired) electrons. The minimum Gasteiger partial charge on any atom is -0.355 e. The number of fused-ring (bicyclic) bond motifs is 2. The molecule has 6 heteroatoms. The minimum atomic E-state index is -0.274. The Morgan fingerprint density at radius 1 is 1.07 bits per heavy atom. The van der Waals surface area contributed by atoms with Crippen LogP contribution in [-0.2, 0) is 11.2 Å². The second-order valence-corrected chi connectivity index (χ2v) is 7.89. The van der Waals surface area contributed by atoms with E-state index in [9.17, 15) is 14.0 Å². The molecule has 1 aliphatic carbocycles. The van der Waals surface area contributed by atoms with Gasteiger partial charge in [0.1, 0.15) is 11.9 Å². The lowest BCUT2D eigenvalue weighted by Gasteiger charge is -2.40. The number of carbonyl (C=O) groups excluding carboxylic acids is 2. The van der Waals surface area contributed by atoms with Crippen LogP contribution in [0.4, 0.5) is 21.5 Å². The molecule has 3 aliphatic rings. The number of amides is 2. The first-order valence-electron chi connectivity index (χ1n) is 9.76. The van der Waals surface area contributed by atoms with Gasteiger partial charge in [0.25, 0.3) is 5.91 Å². The van der Waals surface area contributed by atoms with Crippen LogP contribution in [0.25, 0.3) is 0 Å². The zero-order valence-corrected chi connectivity index (χ0v) is 16.0. The number of rotatable bonds is 2. The van der Waals surface area contributed by atoms with Crippen LogP contribution in [0, 0.1) is 5.82 Å². The molecule has 144 valence electrons. The molecule has 0 bridgehead atoms. The summed E-state index contributed by atoms with van der Waals surface area (Å²) in [5.74, 6) is -0.284. The smallest absolute Gasteiger partial charge is 0.258 e. The number of halogens is 1. The maximum Gasteiger partial charge on any atom is 0.258 e. The SMILES string of the molecule is CC1C(=O)N(C)c2ccc(C(=O)N3CCc4cc(F)ccc43)cc2N1C1CC1. The van der Waals surface area contributed by atoms with Crippen LogP contribution in [-0.4, -0.2) is 37.5 Å². The molecule has 0 saturated heterocycles. The Morgan fingerprint density at radius 2 is 1.82 bits per heavy atom. The fraction of sp³-hybridized carbons (Fsp3) is 0.364. The highest BCUT2D eigenvalue weighted by atomic mass is 19.1. The molecule has 2 aromatic carbocycles. The lowest BCUT2D eigenvalue weighted by Crippen LogP contribution is -2.51. The number of anilines is 3. The molecule has 2 aliphatic heterocycles. The maximum atomic E-state index is 13.5. The van der Waals surface area contributed by atoms with Gasteiger partial charge in [-0.05, 0) is 68.1 Å². The van der Waals surface area contributed by atoms with Crippen molar-refractivity contribution in [2.24, 2.45) is 0 Å². The van der Waals surface area contributed by atoms with Crippen molar-refractivity contribution in [2.45, 2.75) is 38.3 Å². The Morgan fingerprint density at radius 3 is 2.57 bits per heavy atom. The van der Waals surface area contributed by atoms with Crippen molar-refractivity contribution in [2.75, 3.05) is 28.3 Å². The van der Waals surface area contributed by atoms with E-state index < -0.39 is 0 Å². The average Bonchev–Trinajstić information content (AvgIpc) is 3.44. The predicted octanol–water partition coefficient (Wildman–Crippen LogP) is 3.36. The highest BCUT2D eigenvalue weighted by molar-refractivity contribution is 6.10. The molecule has 28 heavy (non-hydrogen) atoms. The molecule has 2 heterocycles. The van der Waals surface area contributed by atoms with Crippen molar-refractivity contribution in [3.8, 4) is 0 Å². The van der Waals surface area contributed by atoms with Gasteiger partial charge < -0.3 is 14.7 Å². The summed E-state index contributed by atoms with van der Waals surface area (Å²) in [6.07, 6.45) is 2.81. The van der Waals surface area contributed by atoms with Crippen molar-refractivity contribution >= 4 is 28.9 Å². The van der Waals surface area contributed by atoms with E-state index in [0.717, 1.165) is 35.5 Å². The zero-order valence-electron chi connectivity index (χ0n) is 16.0. The molecular formula is C22H22FN3O2. The monoisotopic (exact) mass is 379 g/mol. The van der Waals surface area contributed by atoms with Crippen LogP contribution in [0.3, 0.4) is 0 Å². The van der Waals surface area contributed by atoms with Crippen LogP contribution in [0.1, 0.15) is 35.7 Å².